The number of aromatic nitrogens is 1. The number of nitrogens with zero attached hydrogens (tertiary/aromatic N) is 1. The molecule has 0 radical (unpaired) electrons. The van der Waals surface area contributed by atoms with Gasteiger partial charge in [-0.1, -0.05) is 23.9 Å². The number of benzene rings is 2. The van der Waals surface area contributed by atoms with E-state index < -0.39 is 34.3 Å². The Kier molecular flexibility index (Phi) is 6.22. The van der Waals surface area contributed by atoms with Gasteiger partial charge in [-0.05, 0) is 42.3 Å². The molecule has 2 heterocycles. The summed E-state index contributed by atoms with van der Waals surface area (Å²) in [6.07, 6.45) is -11.7. The highest BCUT2D eigenvalue weighted by Crippen LogP contribution is 2.52. The van der Waals surface area contributed by atoms with Crippen molar-refractivity contribution in [1.29, 1.82) is 0 Å². The number of alkyl halides is 6. The van der Waals surface area contributed by atoms with Crippen molar-refractivity contribution in [1.82, 2.24) is 4.98 Å². The maximum absolute atomic E-state index is 13.3. The fraction of sp³-hybridized carbons (Fsp3) is 0.182. The molecular weight excluding hydrogens is 523 g/mol. The molecule has 0 aliphatic rings. The normalized spacial score (nSPS) is 12.9. The Morgan fingerprint density at radius 2 is 1.63 bits per heavy atom. The summed E-state index contributed by atoms with van der Waals surface area (Å²) >= 11 is 0.788. The van der Waals surface area contributed by atoms with Gasteiger partial charge in [-0.25, -0.2) is 14.2 Å². The van der Waals surface area contributed by atoms with E-state index in [-0.39, 0.29) is 21.3 Å². The molecule has 2 aromatic carbocycles. The Morgan fingerprint density at radius 3 is 2.23 bits per heavy atom. The van der Waals surface area contributed by atoms with E-state index in [1.54, 1.807) is 13.0 Å². The SMILES string of the molecule is Cc1c(Sc2ncc(C(O)(C(F)(F)F)C(F)(F)F)s2)ccc2c(-c3ccc(F)cc3)cc(=O)oc12. The second-order valence-electron chi connectivity index (χ2n) is 7.35. The smallest absolute Gasteiger partial charge is 0.422 e. The highest BCUT2D eigenvalue weighted by Gasteiger charge is 2.72. The number of aliphatic hydroxyl groups is 1. The van der Waals surface area contributed by atoms with Crippen LogP contribution in [0.1, 0.15) is 10.4 Å². The molecular formula is C22H12F7NO3S2. The Bertz CT molecular complexity index is 1440. The number of aryl methyl sites for hydroxylation is 1. The van der Waals surface area contributed by atoms with E-state index in [9.17, 15) is 40.6 Å². The van der Waals surface area contributed by atoms with Crippen LogP contribution in [-0.2, 0) is 5.60 Å². The van der Waals surface area contributed by atoms with Gasteiger partial charge in [0, 0.05) is 28.1 Å². The topological polar surface area (TPSA) is 63.3 Å². The van der Waals surface area contributed by atoms with Crippen LogP contribution in [0, 0.1) is 12.7 Å². The zero-order chi connectivity index (χ0) is 25.8. The van der Waals surface area contributed by atoms with Gasteiger partial charge in [0.25, 0.3) is 5.60 Å². The van der Waals surface area contributed by atoms with E-state index in [2.05, 4.69) is 4.98 Å². The zero-order valence-electron chi connectivity index (χ0n) is 17.3. The summed E-state index contributed by atoms with van der Waals surface area (Å²) in [6.45, 7) is 1.55. The first kappa shape index (κ1) is 25.2. The molecule has 0 atom stereocenters. The quantitative estimate of drug-likeness (QED) is 0.229. The summed E-state index contributed by atoms with van der Waals surface area (Å²) in [5, 5.41) is 10.0. The molecule has 0 saturated carbocycles. The average Bonchev–Trinajstić information content (AvgIpc) is 3.22. The van der Waals surface area contributed by atoms with E-state index in [0.29, 0.717) is 33.2 Å². The van der Waals surface area contributed by atoms with Crippen molar-refractivity contribution < 1.29 is 40.3 Å². The lowest BCUT2D eigenvalue weighted by Gasteiger charge is -2.30. The van der Waals surface area contributed by atoms with Crippen molar-refractivity contribution in [2.24, 2.45) is 0 Å². The Labute approximate surface area is 200 Å². The van der Waals surface area contributed by atoms with E-state index in [1.807, 2.05) is 0 Å². The first-order valence-electron chi connectivity index (χ1n) is 9.56. The third-order valence-electron chi connectivity index (χ3n) is 5.13. The molecule has 4 aromatic rings. The lowest BCUT2D eigenvalue weighted by molar-refractivity contribution is -0.375. The molecule has 0 amide bonds. The van der Waals surface area contributed by atoms with E-state index in [0.717, 1.165) is 11.8 Å². The van der Waals surface area contributed by atoms with Crippen LogP contribution in [0.25, 0.3) is 22.1 Å². The molecule has 0 aliphatic heterocycles. The van der Waals surface area contributed by atoms with E-state index in [1.165, 1.54) is 36.4 Å². The fourth-order valence-electron chi connectivity index (χ4n) is 3.33. The molecule has 0 saturated heterocycles. The molecule has 0 fully saturated rings. The lowest BCUT2D eigenvalue weighted by Crippen LogP contribution is -2.53. The minimum absolute atomic E-state index is 0.0410. The van der Waals surface area contributed by atoms with Crippen LogP contribution in [-0.4, -0.2) is 22.4 Å². The fourth-order valence-corrected chi connectivity index (χ4v) is 5.49. The highest BCUT2D eigenvalue weighted by atomic mass is 32.2. The van der Waals surface area contributed by atoms with E-state index >= 15 is 0 Å². The monoisotopic (exact) mass is 535 g/mol. The minimum atomic E-state index is -6.02. The Morgan fingerprint density at radius 1 is 1.00 bits per heavy atom. The predicted molar refractivity (Wildman–Crippen MR) is 115 cm³/mol. The van der Waals surface area contributed by atoms with Gasteiger partial charge < -0.3 is 9.52 Å². The molecule has 0 bridgehead atoms. The van der Waals surface area contributed by atoms with Crippen LogP contribution >= 0.6 is 23.1 Å². The summed E-state index contributed by atoms with van der Waals surface area (Å²) in [7, 11) is 0. The number of hydrogen-bond donors (Lipinski definition) is 1. The van der Waals surface area contributed by atoms with Crippen LogP contribution in [0.5, 0.6) is 0 Å². The van der Waals surface area contributed by atoms with Crippen molar-refractivity contribution in [2.75, 3.05) is 0 Å². The van der Waals surface area contributed by atoms with Crippen LogP contribution in [0.2, 0.25) is 0 Å². The summed E-state index contributed by atoms with van der Waals surface area (Å²) in [4.78, 5) is 14.7. The molecule has 35 heavy (non-hydrogen) atoms. The maximum atomic E-state index is 13.3. The van der Waals surface area contributed by atoms with Crippen molar-refractivity contribution in [3.05, 3.63) is 75.3 Å². The van der Waals surface area contributed by atoms with Gasteiger partial charge in [0.2, 0.25) is 0 Å². The number of thiazole rings is 1. The Hall–Kier alpha value is -2.90. The molecule has 1 N–H and O–H groups in total. The second-order valence-corrected chi connectivity index (χ2v) is 9.67. The van der Waals surface area contributed by atoms with Gasteiger partial charge >= 0.3 is 18.0 Å². The second kappa shape index (κ2) is 8.64. The summed E-state index contributed by atoms with van der Waals surface area (Å²) in [6, 6.07) is 9.71. The summed E-state index contributed by atoms with van der Waals surface area (Å²) in [5.41, 5.74) is -4.27. The zero-order valence-corrected chi connectivity index (χ0v) is 18.9. The first-order chi connectivity index (χ1) is 16.2. The van der Waals surface area contributed by atoms with Gasteiger partial charge in [-0.2, -0.15) is 26.3 Å². The van der Waals surface area contributed by atoms with Crippen molar-refractivity contribution in [2.45, 2.75) is 34.1 Å². The molecule has 0 spiro atoms. The predicted octanol–water partition coefficient (Wildman–Crippen LogP) is 6.83. The molecule has 13 heteroatoms. The highest BCUT2D eigenvalue weighted by molar-refractivity contribution is 8.01. The van der Waals surface area contributed by atoms with Crippen LogP contribution in [0.4, 0.5) is 30.7 Å². The van der Waals surface area contributed by atoms with Gasteiger partial charge in [0.05, 0.1) is 4.88 Å². The van der Waals surface area contributed by atoms with Gasteiger partial charge in [-0.15, -0.1) is 11.3 Å². The van der Waals surface area contributed by atoms with Crippen LogP contribution < -0.4 is 5.63 Å². The molecule has 2 aromatic heterocycles. The number of hydrogen-bond acceptors (Lipinski definition) is 6. The van der Waals surface area contributed by atoms with Gasteiger partial charge in [-0.3, -0.25) is 0 Å². The Balaban J connectivity index is 1.75. The number of halogens is 7. The number of rotatable bonds is 4. The van der Waals surface area contributed by atoms with Crippen LogP contribution in [0.3, 0.4) is 0 Å². The van der Waals surface area contributed by atoms with Crippen molar-refractivity contribution in [3.8, 4) is 11.1 Å². The average molecular weight is 535 g/mol. The third kappa shape index (κ3) is 4.43. The maximum Gasteiger partial charge on any atom is 0.431 e. The third-order valence-corrected chi connectivity index (χ3v) is 7.47. The first-order valence-corrected chi connectivity index (χ1v) is 11.2. The van der Waals surface area contributed by atoms with Gasteiger partial charge in [0.1, 0.15) is 11.4 Å². The lowest BCUT2D eigenvalue weighted by atomic mass is 10.0. The molecule has 4 nitrogen and oxygen atoms in total. The van der Waals surface area contributed by atoms with E-state index in [4.69, 9.17) is 4.42 Å². The summed E-state index contributed by atoms with van der Waals surface area (Å²) in [5.74, 6) is -0.471. The molecule has 184 valence electrons. The van der Waals surface area contributed by atoms with Crippen molar-refractivity contribution >= 4 is 34.1 Å². The van der Waals surface area contributed by atoms with Crippen LogP contribution in [0.15, 0.2) is 67.1 Å². The largest absolute Gasteiger partial charge is 0.431 e. The van der Waals surface area contributed by atoms with Gasteiger partial charge in [0.15, 0.2) is 4.34 Å². The summed E-state index contributed by atoms with van der Waals surface area (Å²) < 4.78 is 97.2. The molecule has 0 aliphatic carbocycles. The standard InChI is InChI=1S/C22H12F7NO3S2/c1-10-15(34-19-30-9-16(35-19)20(32,21(24,25)26)22(27,28)29)7-6-13-14(8-17(31)33-18(10)13)11-2-4-12(23)5-3-11/h2-9,32H,1H3. The van der Waals surface area contributed by atoms with Crippen molar-refractivity contribution in [3.63, 3.8) is 0 Å². The molecule has 0 unspecified atom stereocenters. The molecule has 4 rings (SSSR count). The number of fused-ring (bicyclic) bond motifs is 1. The minimum Gasteiger partial charge on any atom is -0.422 e.